The van der Waals surface area contributed by atoms with Crippen LogP contribution in [-0.2, 0) is 4.74 Å². The van der Waals surface area contributed by atoms with Crippen molar-refractivity contribution in [2.24, 2.45) is 0 Å². The Morgan fingerprint density at radius 2 is 2.36 bits per heavy atom. The monoisotopic (exact) mass is 198 g/mol. The molecule has 1 aromatic carbocycles. The zero-order valence-electron chi connectivity index (χ0n) is 7.57. The van der Waals surface area contributed by atoms with E-state index in [2.05, 4.69) is 0 Å². The molecule has 0 aliphatic carbocycles. The van der Waals surface area contributed by atoms with Gasteiger partial charge in [-0.25, -0.2) is 4.39 Å². The highest BCUT2D eigenvalue weighted by Gasteiger charge is 2.17. The van der Waals surface area contributed by atoms with Crippen molar-refractivity contribution in [3.05, 3.63) is 24.0 Å². The van der Waals surface area contributed by atoms with Crippen molar-refractivity contribution in [3.8, 4) is 11.5 Å². The van der Waals surface area contributed by atoms with Crippen molar-refractivity contribution in [2.45, 2.75) is 19.1 Å². The first-order chi connectivity index (χ1) is 6.75. The molecule has 1 aliphatic heterocycles. The molecule has 0 bridgehead atoms. The largest absolute Gasteiger partial charge is 0.505 e. The Hall–Kier alpha value is -1.29. The fraction of sp³-hybridized carbons (Fsp3) is 0.400. The van der Waals surface area contributed by atoms with Crippen molar-refractivity contribution in [1.82, 2.24) is 0 Å². The predicted molar refractivity (Wildman–Crippen MR) is 47.7 cm³/mol. The molecule has 76 valence electrons. The molecule has 1 N–H and O–H groups in total. The topological polar surface area (TPSA) is 38.7 Å². The van der Waals surface area contributed by atoms with Gasteiger partial charge in [-0.3, -0.25) is 0 Å². The maximum atomic E-state index is 12.9. The molecule has 2 rings (SSSR count). The third kappa shape index (κ3) is 1.96. The van der Waals surface area contributed by atoms with Crippen LogP contribution in [0.1, 0.15) is 12.8 Å². The molecule has 1 saturated heterocycles. The fourth-order valence-corrected chi connectivity index (χ4v) is 1.35. The van der Waals surface area contributed by atoms with Crippen LogP contribution in [0.2, 0.25) is 0 Å². The van der Waals surface area contributed by atoms with Crippen LogP contribution in [0.25, 0.3) is 0 Å². The van der Waals surface area contributed by atoms with Gasteiger partial charge in [0.25, 0.3) is 0 Å². The minimum atomic E-state index is -0.680. The Kier molecular flexibility index (Phi) is 2.54. The van der Waals surface area contributed by atoms with Gasteiger partial charge in [-0.15, -0.1) is 0 Å². The summed E-state index contributed by atoms with van der Waals surface area (Å²) >= 11 is 0. The molecule has 1 heterocycles. The summed E-state index contributed by atoms with van der Waals surface area (Å²) in [5, 5.41) is 8.94. The van der Waals surface area contributed by atoms with Gasteiger partial charge in [0.15, 0.2) is 17.9 Å². The molecular weight excluding hydrogens is 187 g/mol. The Morgan fingerprint density at radius 3 is 3.00 bits per heavy atom. The second-order valence-electron chi connectivity index (χ2n) is 3.17. The number of hydrogen-bond donors (Lipinski definition) is 1. The summed E-state index contributed by atoms with van der Waals surface area (Å²) in [6.07, 6.45) is 1.51. The van der Waals surface area contributed by atoms with Crippen LogP contribution in [0.4, 0.5) is 4.39 Å². The number of hydrogen-bond acceptors (Lipinski definition) is 3. The molecule has 0 amide bonds. The zero-order chi connectivity index (χ0) is 9.97. The van der Waals surface area contributed by atoms with E-state index in [0.717, 1.165) is 18.9 Å². The average Bonchev–Trinajstić information content (AvgIpc) is 2.64. The smallest absolute Gasteiger partial charge is 0.199 e. The van der Waals surface area contributed by atoms with Crippen LogP contribution in [-0.4, -0.2) is 18.0 Å². The quantitative estimate of drug-likeness (QED) is 0.790. The van der Waals surface area contributed by atoms with Crippen molar-refractivity contribution >= 4 is 0 Å². The summed E-state index contributed by atoms with van der Waals surface area (Å²) in [4.78, 5) is 0. The summed E-state index contributed by atoms with van der Waals surface area (Å²) in [7, 11) is 0. The average molecular weight is 198 g/mol. The van der Waals surface area contributed by atoms with Gasteiger partial charge in [-0.1, -0.05) is 0 Å². The van der Waals surface area contributed by atoms with E-state index in [4.69, 9.17) is 14.6 Å². The lowest BCUT2D eigenvalue weighted by atomic mass is 10.3. The summed E-state index contributed by atoms with van der Waals surface area (Å²) in [6.45, 7) is 0.686. The van der Waals surface area contributed by atoms with Gasteiger partial charge >= 0.3 is 0 Å². The van der Waals surface area contributed by atoms with E-state index in [9.17, 15) is 4.39 Å². The van der Waals surface area contributed by atoms with E-state index in [-0.39, 0.29) is 12.0 Å². The van der Waals surface area contributed by atoms with Crippen LogP contribution >= 0.6 is 0 Å². The van der Waals surface area contributed by atoms with Gasteiger partial charge < -0.3 is 14.6 Å². The number of phenols is 1. The van der Waals surface area contributed by atoms with E-state index < -0.39 is 5.82 Å². The fourth-order valence-electron chi connectivity index (χ4n) is 1.35. The Balaban J connectivity index is 2.05. The van der Waals surface area contributed by atoms with Crippen LogP contribution in [0.3, 0.4) is 0 Å². The van der Waals surface area contributed by atoms with Crippen molar-refractivity contribution in [2.75, 3.05) is 6.61 Å². The van der Waals surface area contributed by atoms with Gasteiger partial charge in [0.1, 0.15) is 5.75 Å². The molecule has 1 aromatic rings. The number of ether oxygens (including phenoxy) is 2. The molecule has 0 radical (unpaired) electrons. The Labute approximate surface area is 81.1 Å². The highest BCUT2D eigenvalue weighted by Crippen LogP contribution is 2.24. The molecular formula is C10H11FO3. The van der Waals surface area contributed by atoms with E-state index in [1.165, 1.54) is 12.1 Å². The molecule has 1 fully saturated rings. The predicted octanol–water partition coefficient (Wildman–Crippen LogP) is 2.05. The summed E-state index contributed by atoms with van der Waals surface area (Å²) < 4.78 is 23.4. The lowest BCUT2D eigenvalue weighted by Gasteiger charge is -2.12. The second-order valence-corrected chi connectivity index (χ2v) is 3.17. The third-order valence-corrected chi connectivity index (χ3v) is 2.07. The summed E-state index contributed by atoms with van der Waals surface area (Å²) in [5.74, 6) is -0.669. The van der Waals surface area contributed by atoms with Crippen LogP contribution in [0, 0.1) is 5.82 Å². The van der Waals surface area contributed by atoms with E-state index in [0.29, 0.717) is 12.4 Å². The first-order valence-corrected chi connectivity index (χ1v) is 4.52. The van der Waals surface area contributed by atoms with Crippen molar-refractivity contribution in [3.63, 3.8) is 0 Å². The maximum Gasteiger partial charge on any atom is 0.199 e. The number of halogens is 1. The van der Waals surface area contributed by atoms with Crippen molar-refractivity contribution in [1.29, 1.82) is 0 Å². The number of aromatic hydroxyl groups is 1. The lowest BCUT2D eigenvalue weighted by Crippen LogP contribution is -2.13. The standard InChI is InChI=1S/C10H11FO3/c11-8-6-7(3-4-9(8)12)14-10-2-1-5-13-10/h3-4,6,10,12H,1-2,5H2/t10-/m0/s1. The Bertz CT molecular complexity index is 321. The second kappa shape index (κ2) is 3.84. The van der Waals surface area contributed by atoms with Gasteiger partial charge in [-0.05, 0) is 18.6 Å². The summed E-state index contributed by atoms with van der Waals surface area (Å²) in [6, 6.07) is 3.93. The Morgan fingerprint density at radius 1 is 1.50 bits per heavy atom. The third-order valence-electron chi connectivity index (χ3n) is 2.07. The molecule has 0 saturated carbocycles. The van der Waals surface area contributed by atoms with E-state index in [1.54, 1.807) is 0 Å². The number of benzene rings is 1. The molecule has 0 spiro atoms. The van der Waals surface area contributed by atoms with Gasteiger partial charge in [0.05, 0.1) is 6.61 Å². The minimum Gasteiger partial charge on any atom is -0.505 e. The van der Waals surface area contributed by atoms with Gasteiger partial charge in [0, 0.05) is 12.5 Å². The molecule has 3 nitrogen and oxygen atoms in total. The van der Waals surface area contributed by atoms with Crippen molar-refractivity contribution < 1.29 is 19.0 Å². The number of phenolic OH excluding ortho intramolecular Hbond substituents is 1. The lowest BCUT2D eigenvalue weighted by molar-refractivity contribution is -0.0392. The van der Waals surface area contributed by atoms with E-state index in [1.807, 2.05) is 0 Å². The van der Waals surface area contributed by atoms with Gasteiger partial charge in [0.2, 0.25) is 0 Å². The molecule has 4 heteroatoms. The summed E-state index contributed by atoms with van der Waals surface area (Å²) in [5.41, 5.74) is 0. The SMILES string of the molecule is Oc1ccc(O[C@H]2CCCO2)cc1F. The van der Waals surface area contributed by atoms with Crippen LogP contribution in [0.15, 0.2) is 18.2 Å². The van der Waals surface area contributed by atoms with Gasteiger partial charge in [-0.2, -0.15) is 0 Å². The molecule has 1 aliphatic rings. The molecule has 0 aromatic heterocycles. The number of rotatable bonds is 2. The molecule has 14 heavy (non-hydrogen) atoms. The van der Waals surface area contributed by atoms with E-state index >= 15 is 0 Å². The highest BCUT2D eigenvalue weighted by atomic mass is 19.1. The minimum absolute atomic E-state index is 0.279. The maximum absolute atomic E-state index is 12.9. The molecule has 1 atom stereocenters. The first-order valence-electron chi connectivity index (χ1n) is 4.52. The first kappa shape index (κ1) is 9.27. The van der Waals surface area contributed by atoms with Crippen LogP contribution < -0.4 is 4.74 Å². The molecule has 0 unspecified atom stereocenters. The van der Waals surface area contributed by atoms with Crippen LogP contribution in [0.5, 0.6) is 11.5 Å². The zero-order valence-corrected chi connectivity index (χ0v) is 7.57. The normalized spacial score (nSPS) is 21.1. The highest BCUT2D eigenvalue weighted by molar-refractivity contribution is 5.32.